The molecule has 0 aliphatic rings. The van der Waals surface area contributed by atoms with Crippen molar-refractivity contribution < 1.29 is 23.9 Å². The fourth-order valence-electron chi connectivity index (χ4n) is 7.58. The van der Waals surface area contributed by atoms with Crippen molar-refractivity contribution in [2.24, 2.45) is 0 Å². The zero-order valence-electron chi connectivity index (χ0n) is 31.8. The van der Waals surface area contributed by atoms with Crippen LogP contribution in [0.2, 0.25) is 0 Å². The van der Waals surface area contributed by atoms with Crippen molar-refractivity contribution in [1.82, 2.24) is 0 Å². The average molecular weight is 729 g/mol. The number of carbonyl (C=O) groups excluding carboxylic acids is 4. The average Bonchev–Trinajstić information content (AvgIpc) is 3.24. The Hall–Kier alpha value is -5.94. The zero-order valence-corrected chi connectivity index (χ0v) is 31.8. The summed E-state index contributed by atoms with van der Waals surface area (Å²) in [6, 6.07) is 34.6. The first-order valence-electron chi connectivity index (χ1n) is 19.6. The smallest absolute Gasteiger partial charge is 0.153 e. The molecule has 0 amide bonds. The fourth-order valence-corrected chi connectivity index (χ4v) is 7.58. The largest absolute Gasteiger partial charge is 0.456 e. The molecule has 278 valence electrons. The van der Waals surface area contributed by atoms with Crippen LogP contribution >= 0.6 is 0 Å². The molecule has 6 aromatic carbocycles. The van der Waals surface area contributed by atoms with E-state index in [1.807, 2.05) is 72.8 Å². The highest BCUT2D eigenvalue weighted by atomic mass is 16.5. The summed E-state index contributed by atoms with van der Waals surface area (Å²) in [5.74, 6) is 0.915. The van der Waals surface area contributed by atoms with E-state index in [-0.39, 0.29) is 0 Å². The normalized spacial score (nSPS) is 11.0. The second-order valence-electron chi connectivity index (χ2n) is 14.2. The molecule has 0 saturated carbocycles. The maximum absolute atomic E-state index is 13.0. The number of fused-ring (bicyclic) bond motifs is 1. The molecule has 0 saturated heterocycles. The molecule has 0 unspecified atom stereocenters. The highest BCUT2D eigenvalue weighted by Crippen LogP contribution is 2.44. The highest BCUT2D eigenvalue weighted by Gasteiger charge is 2.22. The van der Waals surface area contributed by atoms with Crippen LogP contribution in [-0.2, 0) is 12.8 Å². The maximum atomic E-state index is 13.0. The van der Waals surface area contributed by atoms with Crippen LogP contribution in [0, 0.1) is 0 Å². The van der Waals surface area contributed by atoms with E-state index in [2.05, 4.69) is 38.1 Å². The minimum Gasteiger partial charge on any atom is -0.456 e. The topological polar surface area (TPSA) is 77.5 Å². The third-order valence-electron chi connectivity index (χ3n) is 10.5. The molecule has 5 heteroatoms. The molecule has 0 radical (unpaired) electrons. The van der Waals surface area contributed by atoms with Gasteiger partial charge in [-0.05, 0) is 99.8 Å². The summed E-state index contributed by atoms with van der Waals surface area (Å²) in [6.45, 7) is 4.38. The van der Waals surface area contributed by atoms with E-state index >= 15 is 0 Å². The molecule has 0 heterocycles. The van der Waals surface area contributed by atoms with E-state index in [1.165, 1.54) is 0 Å². The minimum atomic E-state index is 0.299. The second-order valence-corrected chi connectivity index (χ2v) is 14.2. The van der Waals surface area contributed by atoms with Gasteiger partial charge in [0.2, 0.25) is 0 Å². The van der Waals surface area contributed by atoms with Crippen molar-refractivity contribution in [2.45, 2.75) is 78.1 Å². The third-order valence-corrected chi connectivity index (χ3v) is 10.5. The number of aryl methyl sites for hydroxylation is 2. The Labute approximate surface area is 324 Å². The lowest BCUT2D eigenvalue weighted by atomic mass is 9.85. The molecular weight excluding hydrogens is 681 g/mol. The van der Waals surface area contributed by atoms with Crippen molar-refractivity contribution in [1.29, 1.82) is 0 Å². The summed E-state index contributed by atoms with van der Waals surface area (Å²) >= 11 is 0. The lowest BCUT2D eigenvalue weighted by molar-refractivity contribution is 0.111. The number of hydrogen-bond donors (Lipinski definition) is 0. The van der Waals surface area contributed by atoms with Gasteiger partial charge in [-0.2, -0.15) is 0 Å². The number of hydrogen-bond acceptors (Lipinski definition) is 5. The Morgan fingerprint density at radius 1 is 0.455 bits per heavy atom. The van der Waals surface area contributed by atoms with Crippen LogP contribution < -0.4 is 4.74 Å². The molecule has 0 spiro atoms. The highest BCUT2D eigenvalue weighted by molar-refractivity contribution is 6.07. The molecular formula is C50H48O5. The van der Waals surface area contributed by atoms with Crippen LogP contribution in [0.1, 0.15) is 118 Å². The third kappa shape index (κ3) is 8.73. The van der Waals surface area contributed by atoms with Gasteiger partial charge in [-0.3, -0.25) is 19.2 Å². The summed E-state index contributed by atoms with van der Waals surface area (Å²) in [7, 11) is 0. The predicted molar refractivity (Wildman–Crippen MR) is 224 cm³/mol. The molecule has 55 heavy (non-hydrogen) atoms. The van der Waals surface area contributed by atoms with E-state index in [1.54, 1.807) is 12.1 Å². The quantitative estimate of drug-likeness (QED) is 0.0613. The second kappa shape index (κ2) is 18.9. The lowest BCUT2D eigenvalue weighted by Gasteiger charge is -2.21. The predicted octanol–water partition coefficient (Wildman–Crippen LogP) is 13.1. The molecule has 0 N–H and O–H groups in total. The van der Waals surface area contributed by atoms with Gasteiger partial charge < -0.3 is 4.74 Å². The Morgan fingerprint density at radius 2 is 0.927 bits per heavy atom. The van der Waals surface area contributed by atoms with Crippen LogP contribution in [-0.4, -0.2) is 25.1 Å². The van der Waals surface area contributed by atoms with Gasteiger partial charge in [0.1, 0.15) is 11.5 Å². The zero-order chi connectivity index (χ0) is 38.6. The molecule has 6 rings (SSSR count). The van der Waals surface area contributed by atoms with E-state index in [0.717, 1.165) is 128 Å². The van der Waals surface area contributed by atoms with E-state index in [9.17, 15) is 19.2 Å². The lowest BCUT2D eigenvalue weighted by Crippen LogP contribution is -2.02. The fraction of sp³-hybridized carbons (Fsp3) is 0.240. The summed E-state index contributed by atoms with van der Waals surface area (Å²) in [5.41, 5.74) is 8.46. The Bertz CT molecular complexity index is 2290. The summed E-state index contributed by atoms with van der Waals surface area (Å²) in [5, 5.41) is 1.71. The number of rotatable bonds is 19. The van der Waals surface area contributed by atoms with Crippen LogP contribution in [0.5, 0.6) is 11.5 Å². The van der Waals surface area contributed by atoms with E-state index in [0.29, 0.717) is 50.4 Å². The maximum Gasteiger partial charge on any atom is 0.153 e. The molecule has 0 fully saturated rings. The molecule has 0 aliphatic carbocycles. The van der Waals surface area contributed by atoms with Gasteiger partial charge in [-0.25, -0.2) is 0 Å². The first-order chi connectivity index (χ1) is 27.0. The van der Waals surface area contributed by atoms with E-state index < -0.39 is 0 Å². The number of benzene rings is 6. The van der Waals surface area contributed by atoms with Crippen LogP contribution in [0.15, 0.2) is 109 Å². The standard InChI is InChI=1S/C50H48O5/c1-3-5-7-11-21-37-23-26-44-43(49(37)47-28-39(31-51)45(27-40(47)32-52)35-17-13-9-14-18-35)25-24-38(22-12-8-6-4-2)50(44)55-48-30-41(33-53)46(29-42(48)34-54)36-19-15-10-16-20-36/h9-10,13-20,23-34H,3-8,11-12,21-22H2,1-2H3. The minimum absolute atomic E-state index is 0.299. The Morgan fingerprint density at radius 3 is 1.49 bits per heavy atom. The van der Waals surface area contributed by atoms with Crippen LogP contribution in [0.3, 0.4) is 0 Å². The van der Waals surface area contributed by atoms with Gasteiger partial charge in [0.05, 0.1) is 5.56 Å². The molecule has 0 aliphatic heterocycles. The number of ether oxygens (including phenoxy) is 1. The van der Waals surface area contributed by atoms with Gasteiger partial charge in [-0.1, -0.05) is 137 Å². The summed E-state index contributed by atoms with van der Waals surface area (Å²) in [6.07, 6.45) is 13.5. The van der Waals surface area contributed by atoms with Gasteiger partial charge in [0.15, 0.2) is 25.1 Å². The van der Waals surface area contributed by atoms with Gasteiger partial charge in [0, 0.05) is 22.1 Å². The first kappa shape index (κ1) is 38.8. The molecule has 0 atom stereocenters. The number of carbonyl (C=O) groups is 4. The van der Waals surface area contributed by atoms with Crippen molar-refractivity contribution >= 4 is 35.9 Å². The first-order valence-corrected chi connectivity index (χ1v) is 19.6. The molecule has 6 aromatic rings. The molecule has 0 aromatic heterocycles. The SMILES string of the molecule is CCCCCCc1ccc2c(-c3cc(C=O)c(-c4ccccc4)cc3C=O)c(CCCCCC)ccc2c1Oc1cc(C=O)c(-c2ccccc2)cc1C=O. The van der Waals surface area contributed by atoms with Crippen molar-refractivity contribution in [3.05, 3.63) is 143 Å². The molecule has 5 nitrogen and oxygen atoms in total. The van der Waals surface area contributed by atoms with Crippen molar-refractivity contribution in [2.75, 3.05) is 0 Å². The van der Waals surface area contributed by atoms with Gasteiger partial charge >= 0.3 is 0 Å². The Kier molecular flexibility index (Phi) is 13.3. The van der Waals surface area contributed by atoms with Crippen molar-refractivity contribution in [3.63, 3.8) is 0 Å². The monoisotopic (exact) mass is 728 g/mol. The molecule has 0 bridgehead atoms. The Balaban J connectivity index is 1.58. The van der Waals surface area contributed by atoms with Gasteiger partial charge in [-0.15, -0.1) is 0 Å². The summed E-state index contributed by atoms with van der Waals surface area (Å²) < 4.78 is 6.84. The van der Waals surface area contributed by atoms with Crippen molar-refractivity contribution in [3.8, 4) is 44.9 Å². The van der Waals surface area contributed by atoms with E-state index in [4.69, 9.17) is 4.74 Å². The van der Waals surface area contributed by atoms with Crippen LogP contribution in [0.25, 0.3) is 44.2 Å². The number of unbranched alkanes of at least 4 members (excludes halogenated alkanes) is 6. The summed E-state index contributed by atoms with van der Waals surface area (Å²) in [4.78, 5) is 50.8. The van der Waals surface area contributed by atoms with Crippen LogP contribution in [0.4, 0.5) is 0 Å². The number of aldehydes is 4. The van der Waals surface area contributed by atoms with Gasteiger partial charge in [0.25, 0.3) is 0 Å².